The van der Waals surface area contributed by atoms with Crippen LogP contribution in [0, 0.1) is 6.92 Å². The SMILES string of the molecule is Cc1c(-c2ccccc2)c(C=O)nn1CCO. The van der Waals surface area contributed by atoms with Crippen molar-refractivity contribution in [1.29, 1.82) is 0 Å². The van der Waals surface area contributed by atoms with Crippen LogP contribution < -0.4 is 0 Å². The van der Waals surface area contributed by atoms with E-state index in [1.165, 1.54) is 0 Å². The average Bonchev–Trinajstić information content (AvgIpc) is 2.68. The normalized spacial score (nSPS) is 10.5. The molecular weight excluding hydrogens is 216 g/mol. The molecule has 0 atom stereocenters. The molecule has 1 aromatic carbocycles. The van der Waals surface area contributed by atoms with Gasteiger partial charge in [0, 0.05) is 11.3 Å². The first kappa shape index (κ1) is 11.5. The molecule has 0 aliphatic heterocycles. The number of aromatic nitrogens is 2. The zero-order chi connectivity index (χ0) is 12.3. The van der Waals surface area contributed by atoms with Crippen molar-refractivity contribution in [2.75, 3.05) is 6.61 Å². The van der Waals surface area contributed by atoms with Crippen LogP contribution in [0.5, 0.6) is 0 Å². The van der Waals surface area contributed by atoms with E-state index in [0.717, 1.165) is 23.1 Å². The van der Waals surface area contributed by atoms with E-state index in [1.54, 1.807) is 4.68 Å². The molecule has 0 aliphatic carbocycles. The Balaban J connectivity index is 2.56. The summed E-state index contributed by atoms with van der Waals surface area (Å²) in [4.78, 5) is 11.0. The summed E-state index contributed by atoms with van der Waals surface area (Å²) in [5.41, 5.74) is 3.12. The van der Waals surface area contributed by atoms with Gasteiger partial charge in [-0.25, -0.2) is 0 Å². The minimum Gasteiger partial charge on any atom is -0.394 e. The molecule has 4 nitrogen and oxygen atoms in total. The summed E-state index contributed by atoms with van der Waals surface area (Å²) in [5.74, 6) is 0. The summed E-state index contributed by atoms with van der Waals surface area (Å²) >= 11 is 0. The van der Waals surface area contributed by atoms with Crippen LogP contribution >= 0.6 is 0 Å². The highest BCUT2D eigenvalue weighted by molar-refractivity contribution is 5.86. The number of aliphatic hydroxyl groups is 1. The molecule has 88 valence electrons. The van der Waals surface area contributed by atoms with Crippen LogP contribution in [-0.4, -0.2) is 27.8 Å². The molecule has 0 radical (unpaired) electrons. The van der Waals surface area contributed by atoms with Gasteiger partial charge in [0.25, 0.3) is 0 Å². The Kier molecular flexibility index (Phi) is 3.35. The van der Waals surface area contributed by atoms with Crippen LogP contribution in [0.3, 0.4) is 0 Å². The first-order valence-corrected chi connectivity index (χ1v) is 5.46. The Labute approximate surface area is 99.5 Å². The van der Waals surface area contributed by atoms with Crippen molar-refractivity contribution in [3.63, 3.8) is 0 Å². The summed E-state index contributed by atoms with van der Waals surface area (Å²) < 4.78 is 1.66. The maximum Gasteiger partial charge on any atom is 0.170 e. The smallest absolute Gasteiger partial charge is 0.170 e. The molecule has 0 aliphatic rings. The van der Waals surface area contributed by atoms with Gasteiger partial charge in [0.15, 0.2) is 6.29 Å². The van der Waals surface area contributed by atoms with Crippen molar-refractivity contribution in [2.24, 2.45) is 0 Å². The highest BCUT2D eigenvalue weighted by Gasteiger charge is 2.15. The third kappa shape index (κ3) is 2.12. The Bertz CT molecular complexity index is 518. The van der Waals surface area contributed by atoms with E-state index in [0.29, 0.717) is 12.2 Å². The van der Waals surface area contributed by atoms with Crippen molar-refractivity contribution < 1.29 is 9.90 Å². The maximum atomic E-state index is 11.0. The lowest BCUT2D eigenvalue weighted by molar-refractivity contribution is 0.111. The van der Waals surface area contributed by atoms with Gasteiger partial charge in [-0.3, -0.25) is 9.48 Å². The summed E-state index contributed by atoms with van der Waals surface area (Å²) in [7, 11) is 0. The van der Waals surface area contributed by atoms with Gasteiger partial charge < -0.3 is 5.11 Å². The minimum atomic E-state index is 0.00898. The van der Waals surface area contributed by atoms with Gasteiger partial charge in [-0.05, 0) is 12.5 Å². The van der Waals surface area contributed by atoms with Crippen molar-refractivity contribution in [1.82, 2.24) is 9.78 Å². The second-order valence-corrected chi connectivity index (χ2v) is 3.78. The second-order valence-electron chi connectivity index (χ2n) is 3.78. The molecule has 0 saturated carbocycles. The Morgan fingerprint density at radius 3 is 2.65 bits per heavy atom. The predicted octanol–water partition coefficient (Wildman–Crippen LogP) is 1.66. The topological polar surface area (TPSA) is 55.1 Å². The van der Waals surface area contributed by atoms with Crippen LogP contribution in [0.25, 0.3) is 11.1 Å². The summed E-state index contributed by atoms with van der Waals surface area (Å²) in [5, 5.41) is 13.1. The second kappa shape index (κ2) is 4.93. The quantitative estimate of drug-likeness (QED) is 0.813. The zero-order valence-corrected chi connectivity index (χ0v) is 9.63. The lowest BCUT2D eigenvalue weighted by atomic mass is 10.0. The van der Waals surface area contributed by atoms with E-state index >= 15 is 0 Å². The van der Waals surface area contributed by atoms with E-state index in [4.69, 9.17) is 5.11 Å². The molecule has 0 bridgehead atoms. The molecule has 0 fully saturated rings. The number of carbonyl (C=O) groups is 1. The Morgan fingerprint density at radius 2 is 2.06 bits per heavy atom. The van der Waals surface area contributed by atoms with E-state index in [1.807, 2.05) is 37.3 Å². The number of hydrogen-bond acceptors (Lipinski definition) is 3. The highest BCUT2D eigenvalue weighted by atomic mass is 16.3. The number of hydrogen-bond donors (Lipinski definition) is 1. The fraction of sp³-hybridized carbons (Fsp3) is 0.231. The van der Waals surface area contributed by atoms with Crippen LogP contribution in [0.2, 0.25) is 0 Å². The van der Waals surface area contributed by atoms with Gasteiger partial charge in [0.1, 0.15) is 5.69 Å². The third-order valence-corrected chi connectivity index (χ3v) is 2.72. The van der Waals surface area contributed by atoms with Gasteiger partial charge in [-0.15, -0.1) is 0 Å². The largest absolute Gasteiger partial charge is 0.394 e. The van der Waals surface area contributed by atoms with E-state index in [-0.39, 0.29) is 6.61 Å². The lowest BCUT2D eigenvalue weighted by Gasteiger charge is -2.03. The average molecular weight is 230 g/mol. The number of rotatable bonds is 4. The first-order valence-electron chi connectivity index (χ1n) is 5.46. The minimum absolute atomic E-state index is 0.00898. The van der Waals surface area contributed by atoms with Gasteiger partial charge >= 0.3 is 0 Å². The summed E-state index contributed by atoms with van der Waals surface area (Å²) in [6, 6.07) is 9.66. The Hall–Kier alpha value is -1.94. The standard InChI is InChI=1S/C13H14N2O2/c1-10-13(11-5-3-2-4-6-11)12(9-17)14-15(10)7-8-16/h2-6,9,16H,7-8H2,1H3. The zero-order valence-electron chi connectivity index (χ0n) is 9.63. The lowest BCUT2D eigenvalue weighted by Crippen LogP contribution is -2.05. The molecule has 1 N–H and O–H groups in total. The van der Waals surface area contributed by atoms with Crippen LogP contribution in [-0.2, 0) is 6.54 Å². The molecule has 0 spiro atoms. The number of carbonyl (C=O) groups excluding carboxylic acids is 1. The van der Waals surface area contributed by atoms with Crippen LogP contribution in [0.15, 0.2) is 30.3 Å². The van der Waals surface area contributed by atoms with Crippen molar-refractivity contribution in [3.05, 3.63) is 41.7 Å². The predicted molar refractivity (Wildman–Crippen MR) is 64.9 cm³/mol. The van der Waals surface area contributed by atoms with Crippen molar-refractivity contribution in [3.8, 4) is 11.1 Å². The van der Waals surface area contributed by atoms with E-state index in [9.17, 15) is 4.79 Å². The molecule has 17 heavy (non-hydrogen) atoms. The molecule has 1 heterocycles. The van der Waals surface area contributed by atoms with Gasteiger partial charge in [0.2, 0.25) is 0 Å². The number of aliphatic hydroxyl groups excluding tert-OH is 1. The van der Waals surface area contributed by atoms with Crippen molar-refractivity contribution in [2.45, 2.75) is 13.5 Å². The molecule has 2 rings (SSSR count). The van der Waals surface area contributed by atoms with Crippen LogP contribution in [0.1, 0.15) is 16.2 Å². The number of aldehydes is 1. The highest BCUT2D eigenvalue weighted by Crippen LogP contribution is 2.25. The monoisotopic (exact) mass is 230 g/mol. The van der Waals surface area contributed by atoms with Crippen molar-refractivity contribution >= 4 is 6.29 Å². The van der Waals surface area contributed by atoms with Crippen LogP contribution in [0.4, 0.5) is 0 Å². The molecule has 0 saturated heterocycles. The summed E-state index contributed by atoms with van der Waals surface area (Å²) in [6.07, 6.45) is 0.753. The Morgan fingerprint density at radius 1 is 1.35 bits per heavy atom. The molecule has 2 aromatic rings. The molecule has 0 unspecified atom stereocenters. The van der Waals surface area contributed by atoms with E-state index in [2.05, 4.69) is 5.10 Å². The van der Waals surface area contributed by atoms with Gasteiger partial charge in [0.05, 0.1) is 13.2 Å². The third-order valence-electron chi connectivity index (χ3n) is 2.72. The van der Waals surface area contributed by atoms with Gasteiger partial charge in [-0.2, -0.15) is 5.10 Å². The number of benzene rings is 1. The first-order chi connectivity index (χ1) is 8.27. The van der Waals surface area contributed by atoms with Gasteiger partial charge in [-0.1, -0.05) is 30.3 Å². The van der Waals surface area contributed by atoms with E-state index < -0.39 is 0 Å². The summed E-state index contributed by atoms with van der Waals surface area (Å²) in [6.45, 7) is 2.31. The number of nitrogens with zero attached hydrogens (tertiary/aromatic N) is 2. The fourth-order valence-electron chi connectivity index (χ4n) is 1.93. The molecule has 0 amide bonds. The molecule has 4 heteroatoms. The maximum absolute atomic E-state index is 11.0. The molecular formula is C13H14N2O2. The molecule has 1 aromatic heterocycles. The fourth-order valence-corrected chi connectivity index (χ4v) is 1.93.